The van der Waals surface area contributed by atoms with Crippen LogP contribution in [0.15, 0.2) is 41.8 Å². The molecule has 0 spiro atoms. The summed E-state index contributed by atoms with van der Waals surface area (Å²) in [7, 11) is 0. The number of non-ortho nitro benzene ring substituents is 1. The van der Waals surface area contributed by atoms with Crippen LogP contribution in [0.2, 0.25) is 0 Å². The first kappa shape index (κ1) is 14.6. The van der Waals surface area contributed by atoms with Crippen molar-refractivity contribution in [2.24, 2.45) is 5.10 Å². The van der Waals surface area contributed by atoms with Crippen molar-refractivity contribution in [1.29, 1.82) is 0 Å². The van der Waals surface area contributed by atoms with Crippen LogP contribution in [0.1, 0.15) is 17.0 Å². The summed E-state index contributed by atoms with van der Waals surface area (Å²) in [6.45, 7) is 3.79. The fourth-order valence-corrected chi connectivity index (χ4v) is 2.12. The minimum Gasteiger partial charge on any atom is -0.258 e. The molecule has 2 aromatic heterocycles. The van der Waals surface area contributed by atoms with E-state index in [0.29, 0.717) is 11.5 Å². The molecule has 0 radical (unpaired) electrons. The van der Waals surface area contributed by atoms with E-state index in [1.807, 2.05) is 19.9 Å². The average Bonchev–Trinajstić information content (AvgIpc) is 3.11. The van der Waals surface area contributed by atoms with E-state index in [9.17, 15) is 10.1 Å². The smallest absolute Gasteiger partial charge is 0.258 e. The highest BCUT2D eigenvalue weighted by Crippen LogP contribution is 2.12. The Labute approximate surface area is 131 Å². The lowest BCUT2D eigenvalue weighted by molar-refractivity contribution is -0.384. The van der Waals surface area contributed by atoms with Crippen molar-refractivity contribution in [2.75, 3.05) is 0 Å². The van der Waals surface area contributed by atoms with E-state index in [1.165, 1.54) is 29.4 Å². The highest BCUT2D eigenvalue weighted by molar-refractivity contribution is 5.80. The summed E-state index contributed by atoms with van der Waals surface area (Å²) in [5, 5.41) is 27.2. The van der Waals surface area contributed by atoms with E-state index in [2.05, 4.69) is 20.4 Å². The quantitative estimate of drug-likeness (QED) is 0.415. The minimum absolute atomic E-state index is 0.0106. The van der Waals surface area contributed by atoms with Gasteiger partial charge in [-0.2, -0.15) is 14.9 Å². The van der Waals surface area contributed by atoms with E-state index in [-0.39, 0.29) is 5.69 Å². The van der Waals surface area contributed by atoms with Gasteiger partial charge in [-0.25, -0.2) is 4.68 Å². The summed E-state index contributed by atoms with van der Waals surface area (Å²) in [4.78, 5) is 10.3. The van der Waals surface area contributed by atoms with Crippen LogP contribution in [0.3, 0.4) is 0 Å². The largest absolute Gasteiger partial charge is 0.273 e. The normalized spacial score (nSPS) is 11.2. The van der Waals surface area contributed by atoms with Crippen LogP contribution in [0.5, 0.6) is 0 Å². The lowest BCUT2D eigenvalue weighted by atomic mass is 10.2. The van der Waals surface area contributed by atoms with E-state index >= 15 is 0 Å². The molecule has 2 heterocycles. The van der Waals surface area contributed by atoms with Gasteiger partial charge in [-0.15, -0.1) is 10.2 Å². The van der Waals surface area contributed by atoms with Gasteiger partial charge in [0.05, 0.1) is 16.8 Å². The average molecular weight is 311 g/mol. The number of nitrogens with zero attached hydrogens (tertiary/aromatic N) is 7. The zero-order valence-corrected chi connectivity index (χ0v) is 12.5. The standard InChI is InChI=1S/C14H13N7O2/c1-10-6-11(2)20(18-10)14-17-15-9-19(14)16-8-12-4-3-5-13(7-12)21(22)23/h3-9H,1-2H3/b16-8+. The van der Waals surface area contributed by atoms with Crippen molar-refractivity contribution in [3.8, 4) is 5.95 Å². The maximum Gasteiger partial charge on any atom is 0.273 e. The third kappa shape index (κ3) is 2.98. The number of nitro benzene ring substituents is 1. The van der Waals surface area contributed by atoms with E-state index in [1.54, 1.807) is 16.8 Å². The van der Waals surface area contributed by atoms with Gasteiger partial charge >= 0.3 is 0 Å². The van der Waals surface area contributed by atoms with E-state index in [0.717, 1.165) is 11.4 Å². The van der Waals surface area contributed by atoms with Crippen LogP contribution in [-0.2, 0) is 0 Å². The first-order valence-electron chi connectivity index (χ1n) is 6.77. The van der Waals surface area contributed by atoms with Crippen LogP contribution in [-0.4, -0.2) is 35.8 Å². The minimum atomic E-state index is -0.447. The van der Waals surface area contributed by atoms with Crippen molar-refractivity contribution in [3.63, 3.8) is 0 Å². The SMILES string of the molecule is Cc1cc(C)n(-c2nncn2/N=C/c2cccc([N+](=O)[O-])c2)n1. The predicted octanol–water partition coefficient (Wildman–Crippen LogP) is 1.87. The number of aromatic nitrogens is 5. The van der Waals surface area contributed by atoms with Gasteiger partial charge in [0.2, 0.25) is 0 Å². The van der Waals surface area contributed by atoms with Crippen LogP contribution in [0, 0.1) is 24.0 Å². The molecule has 0 aliphatic rings. The lowest BCUT2D eigenvalue weighted by Crippen LogP contribution is -2.06. The van der Waals surface area contributed by atoms with Gasteiger partial charge in [0.1, 0.15) is 6.33 Å². The molecule has 3 rings (SSSR count). The first-order chi connectivity index (χ1) is 11.0. The van der Waals surface area contributed by atoms with Gasteiger partial charge in [0.15, 0.2) is 0 Å². The molecule has 0 saturated carbocycles. The molecule has 3 aromatic rings. The molecule has 1 aromatic carbocycles. The molecule has 116 valence electrons. The molecule has 0 aliphatic heterocycles. The Morgan fingerprint density at radius 3 is 2.83 bits per heavy atom. The molecule has 9 nitrogen and oxygen atoms in total. The Morgan fingerprint density at radius 2 is 2.13 bits per heavy atom. The summed E-state index contributed by atoms with van der Waals surface area (Å²) < 4.78 is 3.09. The van der Waals surface area contributed by atoms with Gasteiger partial charge in [-0.3, -0.25) is 10.1 Å². The van der Waals surface area contributed by atoms with Gasteiger partial charge in [-0.05, 0) is 19.9 Å². The van der Waals surface area contributed by atoms with Crippen LogP contribution >= 0.6 is 0 Å². The maximum atomic E-state index is 10.8. The van der Waals surface area contributed by atoms with Crippen LogP contribution in [0.4, 0.5) is 5.69 Å². The third-order valence-electron chi connectivity index (χ3n) is 3.12. The highest BCUT2D eigenvalue weighted by atomic mass is 16.6. The van der Waals surface area contributed by atoms with Crippen molar-refractivity contribution in [2.45, 2.75) is 13.8 Å². The van der Waals surface area contributed by atoms with Gasteiger partial charge in [0.25, 0.3) is 11.6 Å². The molecule has 9 heteroatoms. The van der Waals surface area contributed by atoms with Gasteiger partial charge < -0.3 is 0 Å². The van der Waals surface area contributed by atoms with Crippen molar-refractivity contribution in [3.05, 3.63) is 63.7 Å². The topological polar surface area (TPSA) is 104 Å². The summed E-state index contributed by atoms with van der Waals surface area (Å²) >= 11 is 0. The molecule has 23 heavy (non-hydrogen) atoms. The first-order valence-corrected chi connectivity index (χ1v) is 6.77. The number of rotatable bonds is 4. The van der Waals surface area contributed by atoms with Crippen molar-refractivity contribution < 1.29 is 4.92 Å². The molecular weight excluding hydrogens is 298 g/mol. The Hall–Kier alpha value is -3.36. The molecule has 0 saturated heterocycles. The fourth-order valence-electron chi connectivity index (χ4n) is 2.12. The van der Waals surface area contributed by atoms with Gasteiger partial charge in [0, 0.05) is 23.4 Å². The van der Waals surface area contributed by atoms with Crippen molar-refractivity contribution in [1.82, 2.24) is 24.7 Å². The molecule has 0 atom stereocenters. The van der Waals surface area contributed by atoms with Crippen LogP contribution in [0.25, 0.3) is 5.95 Å². The maximum absolute atomic E-state index is 10.8. The summed E-state index contributed by atoms with van der Waals surface area (Å²) in [6, 6.07) is 8.12. The fraction of sp³-hybridized carbons (Fsp3) is 0.143. The molecule has 0 amide bonds. The summed E-state index contributed by atoms with van der Waals surface area (Å²) in [6.07, 6.45) is 2.95. The van der Waals surface area contributed by atoms with Crippen molar-refractivity contribution >= 4 is 11.9 Å². The Balaban J connectivity index is 1.93. The summed E-state index contributed by atoms with van der Waals surface area (Å²) in [5.41, 5.74) is 2.38. The second kappa shape index (κ2) is 5.79. The zero-order valence-electron chi connectivity index (χ0n) is 12.5. The Kier molecular flexibility index (Phi) is 3.67. The number of nitro groups is 1. The van der Waals surface area contributed by atoms with E-state index < -0.39 is 4.92 Å². The summed E-state index contributed by atoms with van der Waals surface area (Å²) in [5.74, 6) is 0.442. The molecular formula is C14H13N7O2. The lowest BCUT2D eigenvalue weighted by Gasteiger charge is -2.02. The number of hydrogen-bond donors (Lipinski definition) is 0. The Morgan fingerprint density at radius 1 is 1.30 bits per heavy atom. The Bertz CT molecular complexity index is 894. The monoisotopic (exact) mass is 311 g/mol. The third-order valence-corrected chi connectivity index (χ3v) is 3.12. The van der Waals surface area contributed by atoms with E-state index in [4.69, 9.17) is 0 Å². The highest BCUT2D eigenvalue weighted by Gasteiger charge is 2.10. The second-order valence-corrected chi connectivity index (χ2v) is 4.91. The molecule has 0 fully saturated rings. The molecule has 0 unspecified atom stereocenters. The zero-order chi connectivity index (χ0) is 16.4. The molecule has 0 N–H and O–H groups in total. The number of hydrogen-bond acceptors (Lipinski definition) is 6. The molecule has 0 aliphatic carbocycles. The number of benzene rings is 1. The molecule has 0 bridgehead atoms. The second-order valence-electron chi connectivity index (χ2n) is 4.91. The van der Waals surface area contributed by atoms with Crippen LogP contribution < -0.4 is 0 Å². The number of aryl methyl sites for hydroxylation is 2. The van der Waals surface area contributed by atoms with Gasteiger partial charge in [-0.1, -0.05) is 12.1 Å². The predicted molar refractivity (Wildman–Crippen MR) is 82.7 cm³/mol.